The smallest absolute Gasteiger partial charge is 0.222 e. The lowest BCUT2D eigenvalue weighted by Crippen LogP contribution is -2.07. The number of rotatable bonds is 5. The molecule has 0 saturated heterocycles. The van der Waals surface area contributed by atoms with Crippen molar-refractivity contribution in [3.63, 3.8) is 0 Å². The molecule has 8 heteroatoms. The van der Waals surface area contributed by atoms with E-state index in [1.54, 1.807) is 19.1 Å². The van der Waals surface area contributed by atoms with Gasteiger partial charge < -0.3 is 4.74 Å². The van der Waals surface area contributed by atoms with Gasteiger partial charge in [0.1, 0.15) is 29.8 Å². The topological polar surface area (TPSA) is 68.6 Å². The molecule has 1 aliphatic rings. The van der Waals surface area contributed by atoms with Crippen LogP contribution in [-0.4, -0.2) is 31.7 Å². The van der Waals surface area contributed by atoms with Crippen LogP contribution in [-0.2, 0) is 14.6 Å². The first-order chi connectivity index (χ1) is 14.4. The maximum absolute atomic E-state index is 14.0. The minimum Gasteiger partial charge on any atom is -0.475 e. The molecule has 0 aliphatic carbocycles. The van der Waals surface area contributed by atoms with Crippen LogP contribution in [0.2, 0.25) is 0 Å². The maximum atomic E-state index is 14.0. The van der Waals surface area contributed by atoms with Gasteiger partial charge in [0.15, 0.2) is 14.9 Å². The summed E-state index contributed by atoms with van der Waals surface area (Å²) in [5.41, 5.74) is 2.10. The minimum absolute atomic E-state index is 0.0208. The van der Waals surface area contributed by atoms with Crippen molar-refractivity contribution in [1.29, 1.82) is 0 Å². The summed E-state index contributed by atoms with van der Waals surface area (Å²) in [5, 5.41) is 0.0388. The highest BCUT2D eigenvalue weighted by atomic mass is 32.2. The van der Waals surface area contributed by atoms with Gasteiger partial charge in [-0.1, -0.05) is 37.3 Å². The lowest BCUT2D eigenvalue weighted by molar-refractivity contribution is 0.317. The normalized spacial score (nSPS) is 16.2. The first-order valence-corrected chi connectivity index (χ1v) is 11.0. The molecule has 4 rings (SSSR count). The van der Waals surface area contributed by atoms with Crippen molar-refractivity contribution in [1.82, 2.24) is 4.98 Å². The van der Waals surface area contributed by atoms with E-state index in [0.717, 1.165) is 28.8 Å². The fourth-order valence-corrected chi connectivity index (χ4v) is 4.01. The van der Waals surface area contributed by atoms with E-state index in [1.807, 2.05) is 24.3 Å². The standard InChI is InChI=1S/C22H18F2N2O3S/c1-2-30(27,28)20-12-16(10-11-25-20)14-6-8-15(9-7-14)19-13-29-22(26-19)21-17(23)4-3-5-18(21)24/h3-12,19H,2,13H2,1H3. The van der Waals surface area contributed by atoms with Crippen molar-refractivity contribution in [2.45, 2.75) is 18.0 Å². The number of hydrogen-bond donors (Lipinski definition) is 0. The molecule has 0 amide bonds. The van der Waals surface area contributed by atoms with Crippen molar-refractivity contribution in [2.24, 2.45) is 4.99 Å². The molecule has 1 unspecified atom stereocenters. The SMILES string of the molecule is CCS(=O)(=O)c1cc(-c2ccc(C3COC(c4c(F)cccc4F)=N3)cc2)ccn1. The zero-order valence-electron chi connectivity index (χ0n) is 16.0. The lowest BCUT2D eigenvalue weighted by atomic mass is 10.0. The van der Waals surface area contributed by atoms with E-state index < -0.39 is 21.5 Å². The van der Waals surface area contributed by atoms with E-state index in [0.29, 0.717) is 0 Å². The van der Waals surface area contributed by atoms with E-state index in [4.69, 9.17) is 4.74 Å². The fourth-order valence-electron chi connectivity index (χ4n) is 3.19. The molecule has 5 nitrogen and oxygen atoms in total. The third kappa shape index (κ3) is 3.82. The van der Waals surface area contributed by atoms with Crippen molar-refractivity contribution in [3.8, 4) is 11.1 Å². The highest BCUT2D eigenvalue weighted by Gasteiger charge is 2.26. The average Bonchev–Trinajstić information content (AvgIpc) is 3.23. The number of nitrogens with zero attached hydrogens (tertiary/aromatic N) is 2. The molecule has 30 heavy (non-hydrogen) atoms. The molecule has 1 aromatic heterocycles. The molecule has 0 fully saturated rings. The van der Waals surface area contributed by atoms with Gasteiger partial charge in [0.05, 0.1) is 5.75 Å². The van der Waals surface area contributed by atoms with Crippen LogP contribution in [0, 0.1) is 11.6 Å². The molecule has 3 aromatic rings. The van der Waals surface area contributed by atoms with Crippen LogP contribution in [0.5, 0.6) is 0 Å². The zero-order valence-corrected chi connectivity index (χ0v) is 16.9. The van der Waals surface area contributed by atoms with Gasteiger partial charge in [0, 0.05) is 6.20 Å². The summed E-state index contributed by atoms with van der Waals surface area (Å²) in [4.78, 5) is 8.29. The number of benzene rings is 2. The predicted molar refractivity (Wildman–Crippen MR) is 109 cm³/mol. The number of hydrogen-bond acceptors (Lipinski definition) is 5. The molecule has 0 spiro atoms. The second-order valence-electron chi connectivity index (χ2n) is 6.77. The largest absolute Gasteiger partial charge is 0.475 e. The Balaban J connectivity index is 1.59. The van der Waals surface area contributed by atoms with Crippen molar-refractivity contribution in [3.05, 3.63) is 83.6 Å². The maximum Gasteiger partial charge on any atom is 0.222 e. The third-order valence-corrected chi connectivity index (χ3v) is 6.51. The van der Waals surface area contributed by atoms with Gasteiger partial charge in [-0.3, -0.25) is 0 Å². The highest BCUT2D eigenvalue weighted by molar-refractivity contribution is 7.91. The first kappa shape index (κ1) is 20.2. The molecule has 0 saturated carbocycles. The monoisotopic (exact) mass is 428 g/mol. The van der Waals surface area contributed by atoms with Crippen LogP contribution in [0.25, 0.3) is 11.1 Å². The number of halogens is 2. The molecule has 2 aromatic carbocycles. The van der Waals surface area contributed by atoms with Gasteiger partial charge in [0.2, 0.25) is 5.90 Å². The van der Waals surface area contributed by atoms with Crippen LogP contribution in [0.4, 0.5) is 8.78 Å². The zero-order chi connectivity index (χ0) is 21.3. The summed E-state index contributed by atoms with van der Waals surface area (Å²) in [6.07, 6.45) is 1.47. The second-order valence-corrected chi connectivity index (χ2v) is 8.99. The van der Waals surface area contributed by atoms with Gasteiger partial charge in [-0.15, -0.1) is 0 Å². The number of aromatic nitrogens is 1. The lowest BCUT2D eigenvalue weighted by Gasteiger charge is -2.08. The summed E-state index contributed by atoms with van der Waals surface area (Å²) >= 11 is 0. The Kier molecular flexibility index (Phi) is 5.34. The van der Waals surface area contributed by atoms with E-state index >= 15 is 0 Å². The molecule has 0 bridgehead atoms. The van der Waals surface area contributed by atoms with Crippen molar-refractivity contribution in [2.75, 3.05) is 12.4 Å². The summed E-state index contributed by atoms with van der Waals surface area (Å²) in [7, 11) is -3.40. The Morgan fingerprint density at radius 1 is 1.03 bits per heavy atom. The van der Waals surface area contributed by atoms with Crippen LogP contribution in [0.3, 0.4) is 0 Å². The number of sulfone groups is 1. The molecule has 2 heterocycles. The van der Waals surface area contributed by atoms with Crippen molar-refractivity contribution >= 4 is 15.7 Å². The van der Waals surface area contributed by atoms with Gasteiger partial charge in [0.25, 0.3) is 0 Å². The molecule has 154 valence electrons. The second kappa shape index (κ2) is 7.95. The molecular formula is C22H18F2N2O3S. The van der Waals surface area contributed by atoms with Gasteiger partial charge in [-0.25, -0.2) is 27.2 Å². The molecule has 1 aliphatic heterocycles. The summed E-state index contributed by atoms with van der Waals surface area (Å²) in [5.74, 6) is -1.52. The van der Waals surface area contributed by atoms with Gasteiger partial charge in [-0.05, 0) is 41.0 Å². The van der Waals surface area contributed by atoms with Crippen LogP contribution in [0.1, 0.15) is 24.1 Å². The minimum atomic E-state index is -3.40. The van der Waals surface area contributed by atoms with Gasteiger partial charge in [-0.2, -0.15) is 0 Å². The molecular weight excluding hydrogens is 410 g/mol. The van der Waals surface area contributed by atoms with Crippen LogP contribution >= 0.6 is 0 Å². The van der Waals surface area contributed by atoms with Crippen LogP contribution in [0.15, 0.2) is 70.8 Å². The molecule has 0 N–H and O–H groups in total. The summed E-state index contributed by atoms with van der Waals surface area (Å²) in [6, 6.07) is 13.8. The Morgan fingerprint density at radius 2 is 1.73 bits per heavy atom. The number of aliphatic imine (C=N–C) groups is 1. The third-order valence-electron chi connectivity index (χ3n) is 4.89. The molecule has 0 radical (unpaired) electrons. The van der Waals surface area contributed by atoms with E-state index in [-0.39, 0.29) is 34.9 Å². The van der Waals surface area contributed by atoms with Gasteiger partial charge >= 0.3 is 0 Å². The Morgan fingerprint density at radius 3 is 2.40 bits per heavy atom. The van der Waals surface area contributed by atoms with Crippen LogP contribution < -0.4 is 0 Å². The average molecular weight is 428 g/mol. The Labute approximate surface area is 173 Å². The predicted octanol–water partition coefficient (Wildman–Crippen LogP) is 4.34. The quantitative estimate of drug-likeness (QED) is 0.606. The van der Waals surface area contributed by atoms with Crippen molar-refractivity contribution < 1.29 is 21.9 Å². The summed E-state index contributed by atoms with van der Waals surface area (Å²) in [6.45, 7) is 1.75. The highest BCUT2D eigenvalue weighted by Crippen LogP contribution is 2.29. The fraction of sp³-hybridized carbons (Fsp3) is 0.182. The summed E-state index contributed by atoms with van der Waals surface area (Å²) < 4.78 is 57.5. The van der Waals surface area contributed by atoms with E-state index in [9.17, 15) is 17.2 Å². The Hall–Kier alpha value is -3.13. The van der Waals surface area contributed by atoms with E-state index in [2.05, 4.69) is 9.98 Å². The number of pyridine rings is 1. The first-order valence-electron chi connectivity index (χ1n) is 9.33. The Bertz CT molecular complexity index is 1210. The molecule has 1 atom stereocenters. The van der Waals surface area contributed by atoms with E-state index in [1.165, 1.54) is 12.3 Å². The number of ether oxygens (including phenoxy) is 1.